The molecule has 0 saturated heterocycles. The van der Waals surface area contributed by atoms with Crippen LogP contribution in [0.1, 0.15) is 31.9 Å². The summed E-state index contributed by atoms with van der Waals surface area (Å²) in [5.41, 5.74) is 10.7. The monoisotopic (exact) mass is 320 g/mol. The fourth-order valence-electron chi connectivity index (χ4n) is 2.71. The number of hydrogen-bond acceptors (Lipinski definition) is 4. The fraction of sp³-hybridized carbons (Fsp3) is 0.300. The van der Waals surface area contributed by atoms with Crippen molar-refractivity contribution in [1.82, 2.24) is 9.97 Å². The Morgan fingerprint density at radius 2 is 1.75 bits per heavy atom. The van der Waals surface area contributed by atoms with E-state index in [-0.39, 0.29) is 5.41 Å². The van der Waals surface area contributed by atoms with Crippen LogP contribution < -0.4 is 11.1 Å². The van der Waals surface area contributed by atoms with Crippen LogP contribution in [0.2, 0.25) is 0 Å². The number of benzene rings is 2. The number of nitrogens with zero attached hydrogens (tertiary/aromatic N) is 2. The van der Waals surface area contributed by atoms with Crippen LogP contribution in [0.15, 0.2) is 48.8 Å². The Morgan fingerprint density at radius 3 is 2.46 bits per heavy atom. The maximum Gasteiger partial charge on any atom is 0.134 e. The van der Waals surface area contributed by atoms with E-state index in [0.717, 1.165) is 29.6 Å². The molecule has 0 amide bonds. The largest absolute Gasteiger partial charge is 0.385 e. The van der Waals surface area contributed by atoms with E-state index in [4.69, 9.17) is 5.73 Å². The predicted molar refractivity (Wildman–Crippen MR) is 101 cm³/mol. The Morgan fingerprint density at radius 1 is 1.00 bits per heavy atom. The first kappa shape index (κ1) is 16.2. The number of nitrogens with two attached hydrogens (primary N) is 1. The van der Waals surface area contributed by atoms with Crippen LogP contribution in [-0.4, -0.2) is 16.5 Å². The zero-order valence-electron chi connectivity index (χ0n) is 14.5. The first-order valence-electron chi connectivity index (χ1n) is 8.27. The van der Waals surface area contributed by atoms with Crippen LogP contribution in [0, 0.1) is 0 Å². The molecule has 0 bridgehead atoms. The topological polar surface area (TPSA) is 63.8 Å². The van der Waals surface area contributed by atoms with Gasteiger partial charge in [0.25, 0.3) is 0 Å². The van der Waals surface area contributed by atoms with Crippen molar-refractivity contribution in [3.63, 3.8) is 0 Å². The van der Waals surface area contributed by atoms with Crippen molar-refractivity contribution in [3.8, 4) is 0 Å². The Balaban J connectivity index is 1.63. The zero-order valence-corrected chi connectivity index (χ0v) is 14.5. The minimum atomic E-state index is 0.198. The normalized spacial score (nSPS) is 11.6. The summed E-state index contributed by atoms with van der Waals surface area (Å²) in [5.74, 6) is 0.515. The summed E-state index contributed by atoms with van der Waals surface area (Å²) in [6.45, 7) is 7.57. The molecule has 3 aromatic rings. The molecule has 4 heteroatoms. The number of fused-ring (bicyclic) bond motifs is 1. The molecule has 0 fully saturated rings. The lowest BCUT2D eigenvalue weighted by Gasteiger charge is -2.19. The standard InChI is InChI=1S/C20H24N4/c1-20(2,3)15-6-4-14(5-7-15)10-11-22-16-8-9-18-17(12-16)19(21)24-13-23-18/h4-9,12-13,22H,10-11H2,1-3H3,(H2,21,23,24). The number of nitrogen functional groups attached to an aromatic ring is 1. The van der Waals surface area contributed by atoms with Crippen molar-refractivity contribution in [1.29, 1.82) is 0 Å². The first-order valence-corrected chi connectivity index (χ1v) is 8.27. The molecule has 124 valence electrons. The molecule has 0 aliphatic rings. The zero-order chi connectivity index (χ0) is 17.2. The maximum atomic E-state index is 5.92. The molecule has 3 rings (SSSR count). The van der Waals surface area contributed by atoms with E-state index in [9.17, 15) is 0 Å². The molecule has 0 aliphatic heterocycles. The van der Waals surface area contributed by atoms with Gasteiger partial charge in [0.05, 0.1) is 5.52 Å². The van der Waals surface area contributed by atoms with Crippen LogP contribution in [0.3, 0.4) is 0 Å². The summed E-state index contributed by atoms with van der Waals surface area (Å²) in [5, 5.41) is 4.33. The van der Waals surface area contributed by atoms with Gasteiger partial charge in [0, 0.05) is 17.6 Å². The van der Waals surface area contributed by atoms with E-state index in [1.165, 1.54) is 17.5 Å². The van der Waals surface area contributed by atoms with Gasteiger partial charge in [0.15, 0.2) is 0 Å². The SMILES string of the molecule is CC(C)(C)c1ccc(CCNc2ccc3ncnc(N)c3c2)cc1. The number of hydrogen-bond donors (Lipinski definition) is 2. The van der Waals surface area contributed by atoms with Crippen molar-refractivity contribution in [2.75, 3.05) is 17.6 Å². The second-order valence-electron chi connectivity index (χ2n) is 7.11. The van der Waals surface area contributed by atoms with E-state index >= 15 is 0 Å². The minimum absolute atomic E-state index is 0.198. The molecule has 0 unspecified atom stereocenters. The molecule has 24 heavy (non-hydrogen) atoms. The maximum absolute atomic E-state index is 5.92. The average Bonchev–Trinajstić information content (AvgIpc) is 2.55. The van der Waals surface area contributed by atoms with Gasteiger partial charge >= 0.3 is 0 Å². The molecule has 1 heterocycles. The third-order valence-corrected chi connectivity index (χ3v) is 4.23. The number of anilines is 2. The van der Waals surface area contributed by atoms with Crippen LogP contribution in [0.4, 0.5) is 11.5 Å². The first-order chi connectivity index (χ1) is 11.4. The molecule has 0 saturated carbocycles. The summed E-state index contributed by atoms with van der Waals surface area (Å²) < 4.78 is 0. The van der Waals surface area contributed by atoms with Gasteiger partial charge in [0.1, 0.15) is 12.1 Å². The highest BCUT2D eigenvalue weighted by atomic mass is 14.9. The van der Waals surface area contributed by atoms with E-state index < -0.39 is 0 Å². The van der Waals surface area contributed by atoms with Crippen LogP contribution in [0.5, 0.6) is 0 Å². The number of rotatable bonds is 4. The van der Waals surface area contributed by atoms with E-state index in [2.05, 4.69) is 60.3 Å². The van der Waals surface area contributed by atoms with Gasteiger partial charge < -0.3 is 11.1 Å². The van der Waals surface area contributed by atoms with Gasteiger partial charge in [-0.2, -0.15) is 0 Å². The van der Waals surface area contributed by atoms with E-state index in [0.29, 0.717) is 5.82 Å². The van der Waals surface area contributed by atoms with Crippen molar-refractivity contribution >= 4 is 22.4 Å². The average molecular weight is 320 g/mol. The highest BCUT2D eigenvalue weighted by molar-refractivity contribution is 5.90. The summed E-state index contributed by atoms with van der Waals surface area (Å²) in [6.07, 6.45) is 2.47. The Labute approximate surface area is 143 Å². The molecular formula is C20H24N4. The Kier molecular flexibility index (Phi) is 4.38. The minimum Gasteiger partial charge on any atom is -0.385 e. The van der Waals surface area contributed by atoms with Crippen molar-refractivity contribution < 1.29 is 0 Å². The van der Waals surface area contributed by atoms with Crippen LogP contribution in [-0.2, 0) is 11.8 Å². The van der Waals surface area contributed by atoms with Gasteiger partial charge in [-0.3, -0.25) is 0 Å². The van der Waals surface area contributed by atoms with Crippen molar-refractivity contribution in [2.45, 2.75) is 32.6 Å². The summed E-state index contributed by atoms with van der Waals surface area (Å²) in [4.78, 5) is 8.26. The van der Waals surface area contributed by atoms with Crippen molar-refractivity contribution in [3.05, 3.63) is 59.9 Å². The third-order valence-electron chi connectivity index (χ3n) is 4.23. The summed E-state index contributed by atoms with van der Waals surface area (Å²) in [6, 6.07) is 14.9. The smallest absolute Gasteiger partial charge is 0.134 e. The fourth-order valence-corrected chi connectivity index (χ4v) is 2.71. The molecule has 0 atom stereocenters. The van der Waals surface area contributed by atoms with Gasteiger partial charge in [-0.25, -0.2) is 9.97 Å². The molecule has 3 N–H and O–H groups in total. The predicted octanol–water partition coefficient (Wildman–Crippen LogP) is 4.16. The summed E-state index contributed by atoms with van der Waals surface area (Å²) in [7, 11) is 0. The second kappa shape index (κ2) is 6.48. The molecule has 1 aromatic heterocycles. The van der Waals surface area contributed by atoms with Gasteiger partial charge in [-0.05, 0) is 41.2 Å². The van der Waals surface area contributed by atoms with Crippen LogP contribution >= 0.6 is 0 Å². The lowest BCUT2D eigenvalue weighted by atomic mass is 9.86. The highest BCUT2D eigenvalue weighted by Gasteiger charge is 2.12. The number of aromatic nitrogens is 2. The lowest BCUT2D eigenvalue weighted by Crippen LogP contribution is -2.11. The van der Waals surface area contributed by atoms with Crippen molar-refractivity contribution in [2.24, 2.45) is 0 Å². The van der Waals surface area contributed by atoms with Gasteiger partial charge in [-0.1, -0.05) is 45.0 Å². The number of nitrogens with one attached hydrogen (secondary N) is 1. The Hall–Kier alpha value is -2.62. The third kappa shape index (κ3) is 3.65. The van der Waals surface area contributed by atoms with Gasteiger partial charge in [0.2, 0.25) is 0 Å². The lowest BCUT2D eigenvalue weighted by molar-refractivity contribution is 0.590. The molecule has 4 nitrogen and oxygen atoms in total. The molecule has 0 aliphatic carbocycles. The van der Waals surface area contributed by atoms with Crippen LogP contribution in [0.25, 0.3) is 10.9 Å². The Bertz CT molecular complexity index is 832. The van der Waals surface area contributed by atoms with E-state index in [1.807, 2.05) is 18.2 Å². The molecule has 0 radical (unpaired) electrons. The second-order valence-corrected chi connectivity index (χ2v) is 7.11. The van der Waals surface area contributed by atoms with Gasteiger partial charge in [-0.15, -0.1) is 0 Å². The molecule has 0 spiro atoms. The molecular weight excluding hydrogens is 296 g/mol. The quantitative estimate of drug-likeness (QED) is 0.757. The summed E-state index contributed by atoms with van der Waals surface area (Å²) >= 11 is 0. The van der Waals surface area contributed by atoms with E-state index in [1.54, 1.807) is 0 Å². The molecule has 2 aromatic carbocycles. The highest BCUT2D eigenvalue weighted by Crippen LogP contribution is 2.23.